The van der Waals surface area contributed by atoms with Gasteiger partial charge in [0, 0.05) is 16.5 Å². The summed E-state index contributed by atoms with van der Waals surface area (Å²) in [6.45, 7) is 0. The van der Waals surface area contributed by atoms with Crippen LogP contribution in [0.25, 0.3) is 38.3 Å². The van der Waals surface area contributed by atoms with E-state index in [0.29, 0.717) is 0 Å². The van der Waals surface area contributed by atoms with Crippen molar-refractivity contribution < 1.29 is 0 Å². The number of hydrogen-bond donors (Lipinski definition) is 0. The van der Waals surface area contributed by atoms with E-state index >= 15 is 0 Å². The van der Waals surface area contributed by atoms with Crippen molar-refractivity contribution in [3.8, 4) is 5.69 Å². The maximum absolute atomic E-state index is 2.36. The number of aromatic nitrogens is 1. The first-order chi connectivity index (χ1) is 11.4. The summed E-state index contributed by atoms with van der Waals surface area (Å²) in [5.74, 6) is 0. The second kappa shape index (κ2) is 4.72. The average Bonchev–Trinajstić information content (AvgIpc) is 2.97. The predicted molar refractivity (Wildman–Crippen MR) is 98.3 cm³/mol. The zero-order valence-corrected chi connectivity index (χ0v) is 12.6. The molecule has 4 aromatic carbocycles. The van der Waals surface area contributed by atoms with Crippen molar-refractivity contribution in [1.82, 2.24) is 4.57 Å². The summed E-state index contributed by atoms with van der Waals surface area (Å²) in [4.78, 5) is 0. The van der Waals surface area contributed by atoms with E-state index in [1.807, 2.05) is 0 Å². The molecule has 5 rings (SSSR count). The highest BCUT2D eigenvalue weighted by molar-refractivity contribution is 6.21. The van der Waals surface area contributed by atoms with E-state index in [1.165, 1.54) is 38.3 Å². The van der Waals surface area contributed by atoms with Crippen LogP contribution in [-0.4, -0.2) is 4.57 Å². The van der Waals surface area contributed by atoms with Gasteiger partial charge in [-0.15, -0.1) is 0 Å². The minimum Gasteiger partial charge on any atom is -0.309 e. The molecule has 108 valence electrons. The maximum atomic E-state index is 2.36. The van der Waals surface area contributed by atoms with Gasteiger partial charge in [-0.3, -0.25) is 0 Å². The molecule has 0 bridgehead atoms. The molecule has 5 aromatic rings. The highest BCUT2D eigenvalue weighted by Crippen LogP contribution is 2.36. The van der Waals surface area contributed by atoms with Crippen molar-refractivity contribution in [3.05, 3.63) is 91.0 Å². The van der Waals surface area contributed by atoms with Crippen LogP contribution in [0.4, 0.5) is 0 Å². The Bertz CT molecular complexity index is 1150. The Kier molecular flexibility index (Phi) is 2.56. The molecule has 0 N–H and O–H groups in total. The number of benzene rings is 4. The van der Waals surface area contributed by atoms with E-state index in [2.05, 4.69) is 95.6 Å². The predicted octanol–water partition coefficient (Wildman–Crippen LogP) is 5.94. The standard InChI is InChI=1S/C22H15N/c1-2-9-17(10-3-1)23-20-13-7-6-12-19(20)22-18-11-5-4-8-16(18)14-15-21(22)23/h1-15H. The summed E-state index contributed by atoms with van der Waals surface area (Å²) >= 11 is 0. The molecule has 0 aliphatic rings. The third kappa shape index (κ3) is 1.74. The van der Waals surface area contributed by atoms with Gasteiger partial charge in [0.2, 0.25) is 0 Å². The lowest BCUT2D eigenvalue weighted by atomic mass is 10.0. The van der Waals surface area contributed by atoms with Gasteiger partial charge in [0.15, 0.2) is 0 Å². The summed E-state index contributed by atoms with van der Waals surface area (Å²) in [7, 11) is 0. The van der Waals surface area contributed by atoms with E-state index in [1.54, 1.807) is 0 Å². The molecular formula is C22H15N. The van der Waals surface area contributed by atoms with Crippen LogP contribution >= 0.6 is 0 Å². The van der Waals surface area contributed by atoms with Gasteiger partial charge < -0.3 is 4.57 Å². The van der Waals surface area contributed by atoms with Gasteiger partial charge in [-0.2, -0.15) is 0 Å². The van der Waals surface area contributed by atoms with Crippen molar-refractivity contribution >= 4 is 32.6 Å². The molecule has 0 aliphatic heterocycles. The first-order valence-electron chi connectivity index (χ1n) is 7.90. The van der Waals surface area contributed by atoms with Crippen molar-refractivity contribution in [2.45, 2.75) is 0 Å². The smallest absolute Gasteiger partial charge is 0.0547 e. The van der Waals surface area contributed by atoms with Crippen LogP contribution in [0.15, 0.2) is 91.0 Å². The number of nitrogens with zero attached hydrogens (tertiary/aromatic N) is 1. The SMILES string of the molecule is c1ccc(-n2c3ccccc3c3c4ccccc4ccc32)cc1. The molecule has 1 heterocycles. The van der Waals surface area contributed by atoms with Gasteiger partial charge in [0.05, 0.1) is 11.0 Å². The lowest BCUT2D eigenvalue weighted by Crippen LogP contribution is -1.92. The van der Waals surface area contributed by atoms with Crippen molar-refractivity contribution in [1.29, 1.82) is 0 Å². The third-order valence-corrected chi connectivity index (χ3v) is 4.58. The van der Waals surface area contributed by atoms with E-state index in [4.69, 9.17) is 0 Å². The summed E-state index contributed by atoms with van der Waals surface area (Å²) in [5, 5.41) is 5.25. The van der Waals surface area contributed by atoms with E-state index in [-0.39, 0.29) is 0 Å². The Morgan fingerprint density at radius 3 is 2.04 bits per heavy atom. The van der Waals surface area contributed by atoms with E-state index in [0.717, 1.165) is 0 Å². The Labute approximate surface area is 134 Å². The average molecular weight is 293 g/mol. The minimum absolute atomic E-state index is 1.20. The Morgan fingerprint density at radius 2 is 1.17 bits per heavy atom. The molecule has 23 heavy (non-hydrogen) atoms. The topological polar surface area (TPSA) is 4.93 Å². The quantitative estimate of drug-likeness (QED) is 0.360. The maximum Gasteiger partial charge on any atom is 0.0547 e. The van der Waals surface area contributed by atoms with Crippen LogP contribution in [0, 0.1) is 0 Å². The molecular weight excluding hydrogens is 278 g/mol. The fraction of sp³-hybridized carbons (Fsp3) is 0. The first kappa shape index (κ1) is 12.5. The molecule has 0 saturated carbocycles. The van der Waals surface area contributed by atoms with Crippen molar-refractivity contribution in [2.75, 3.05) is 0 Å². The van der Waals surface area contributed by atoms with Crippen LogP contribution in [0.3, 0.4) is 0 Å². The van der Waals surface area contributed by atoms with Crippen molar-refractivity contribution in [3.63, 3.8) is 0 Å². The highest BCUT2D eigenvalue weighted by atomic mass is 15.0. The van der Waals surface area contributed by atoms with Gasteiger partial charge in [0.25, 0.3) is 0 Å². The molecule has 0 atom stereocenters. The van der Waals surface area contributed by atoms with Crippen LogP contribution < -0.4 is 0 Å². The number of hydrogen-bond acceptors (Lipinski definition) is 0. The van der Waals surface area contributed by atoms with Crippen LogP contribution in [0.5, 0.6) is 0 Å². The number of rotatable bonds is 1. The molecule has 0 unspecified atom stereocenters. The Hall–Kier alpha value is -3.06. The highest BCUT2D eigenvalue weighted by Gasteiger charge is 2.13. The minimum atomic E-state index is 1.20. The molecule has 1 heteroatoms. The fourth-order valence-corrected chi connectivity index (χ4v) is 3.59. The van der Waals surface area contributed by atoms with Gasteiger partial charge >= 0.3 is 0 Å². The van der Waals surface area contributed by atoms with E-state index < -0.39 is 0 Å². The molecule has 0 amide bonds. The van der Waals surface area contributed by atoms with E-state index in [9.17, 15) is 0 Å². The first-order valence-corrected chi connectivity index (χ1v) is 7.90. The van der Waals surface area contributed by atoms with Gasteiger partial charge in [-0.25, -0.2) is 0 Å². The van der Waals surface area contributed by atoms with Crippen LogP contribution in [-0.2, 0) is 0 Å². The summed E-state index contributed by atoms with van der Waals surface area (Å²) in [5.41, 5.74) is 3.72. The van der Waals surface area contributed by atoms with Crippen molar-refractivity contribution in [2.24, 2.45) is 0 Å². The molecule has 1 nitrogen and oxygen atoms in total. The lowest BCUT2D eigenvalue weighted by Gasteiger charge is -2.07. The van der Waals surface area contributed by atoms with Crippen LogP contribution in [0.2, 0.25) is 0 Å². The second-order valence-corrected chi connectivity index (χ2v) is 5.87. The molecule has 0 saturated heterocycles. The summed E-state index contributed by atoms with van der Waals surface area (Å²) in [6.07, 6.45) is 0. The summed E-state index contributed by atoms with van der Waals surface area (Å²) < 4.78 is 2.36. The normalized spacial score (nSPS) is 11.5. The Balaban J connectivity index is 2.07. The molecule has 0 spiro atoms. The zero-order chi connectivity index (χ0) is 15.2. The monoisotopic (exact) mass is 293 g/mol. The number of fused-ring (bicyclic) bond motifs is 5. The van der Waals surface area contributed by atoms with Gasteiger partial charge in [-0.1, -0.05) is 66.7 Å². The summed E-state index contributed by atoms with van der Waals surface area (Å²) in [6, 6.07) is 32.3. The third-order valence-electron chi connectivity index (χ3n) is 4.58. The van der Waals surface area contributed by atoms with Gasteiger partial charge in [0.1, 0.15) is 0 Å². The fourth-order valence-electron chi connectivity index (χ4n) is 3.59. The Morgan fingerprint density at radius 1 is 0.478 bits per heavy atom. The largest absolute Gasteiger partial charge is 0.309 e. The zero-order valence-electron chi connectivity index (χ0n) is 12.6. The number of para-hydroxylation sites is 2. The molecule has 0 fully saturated rings. The molecule has 0 aliphatic carbocycles. The second-order valence-electron chi connectivity index (χ2n) is 5.87. The van der Waals surface area contributed by atoms with Gasteiger partial charge in [-0.05, 0) is 35.0 Å². The molecule has 1 aromatic heterocycles. The van der Waals surface area contributed by atoms with Crippen LogP contribution in [0.1, 0.15) is 0 Å². The lowest BCUT2D eigenvalue weighted by molar-refractivity contribution is 1.18. The molecule has 0 radical (unpaired) electrons.